The lowest BCUT2D eigenvalue weighted by Crippen LogP contribution is -2.34. The maximum absolute atomic E-state index is 12.5. The monoisotopic (exact) mass is 293 g/mol. The summed E-state index contributed by atoms with van der Waals surface area (Å²) in [6, 6.07) is 4.94. The highest BCUT2D eigenvalue weighted by Crippen LogP contribution is 2.32. The number of methoxy groups -OCH3 is 2. The van der Waals surface area contributed by atoms with Gasteiger partial charge in [0.15, 0.2) is 0 Å². The molecule has 1 amide bonds. The number of hydrogen-bond acceptors (Lipinski definition) is 4. The van der Waals surface area contributed by atoms with Crippen molar-refractivity contribution in [1.29, 1.82) is 0 Å². The Labute approximate surface area is 123 Å². The lowest BCUT2D eigenvalue weighted by atomic mass is 9.90. The molecule has 6 heteroatoms. The molecule has 0 bridgehead atoms. The molecule has 1 N–H and O–H groups in total. The summed E-state index contributed by atoms with van der Waals surface area (Å²) in [6.45, 7) is 2.30. The van der Waals surface area contributed by atoms with E-state index in [1.54, 1.807) is 30.0 Å². The van der Waals surface area contributed by atoms with Gasteiger partial charge in [-0.15, -0.1) is 0 Å². The molecule has 1 heterocycles. The van der Waals surface area contributed by atoms with Crippen LogP contribution in [0.2, 0.25) is 0 Å². The van der Waals surface area contributed by atoms with Crippen LogP contribution < -0.4 is 9.47 Å². The van der Waals surface area contributed by atoms with Crippen molar-refractivity contribution >= 4 is 11.9 Å². The molecule has 6 nitrogen and oxygen atoms in total. The summed E-state index contributed by atoms with van der Waals surface area (Å²) < 4.78 is 10.3. The van der Waals surface area contributed by atoms with Gasteiger partial charge < -0.3 is 19.5 Å². The molecule has 0 aliphatic carbocycles. The molecule has 0 aromatic heterocycles. The first-order chi connectivity index (χ1) is 9.89. The molecule has 1 unspecified atom stereocenters. The van der Waals surface area contributed by atoms with E-state index >= 15 is 0 Å². The van der Waals surface area contributed by atoms with Gasteiger partial charge in [0, 0.05) is 24.7 Å². The zero-order valence-corrected chi connectivity index (χ0v) is 12.4. The maximum atomic E-state index is 12.5. The van der Waals surface area contributed by atoms with E-state index in [1.807, 2.05) is 0 Å². The number of aliphatic carboxylic acids is 1. The molecule has 114 valence electrons. The molecule has 0 radical (unpaired) electrons. The minimum Gasteiger partial charge on any atom is -0.497 e. The second-order valence-corrected chi connectivity index (χ2v) is 5.44. The molecule has 1 aromatic carbocycles. The van der Waals surface area contributed by atoms with Gasteiger partial charge in [-0.25, -0.2) is 0 Å². The topological polar surface area (TPSA) is 76.1 Å². The zero-order valence-electron chi connectivity index (χ0n) is 12.4. The molecule has 1 fully saturated rings. The fourth-order valence-corrected chi connectivity index (χ4v) is 2.42. The highest BCUT2D eigenvalue weighted by molar-refractivity contribution is 5.96. The molecular formula is C15H19NO5. The smallest absolute Gasteiger partial charge is 0.311 e. The summed E-state index contributed by atoms with van der Waals surface area (Å²) >= 11 is 0. The van der Waals surface area contributed by atoms with Gasteiger partial charge in [-0.2, -0.15) is 0 Å². The molecule has 1 aliphatic heterocycles. The van der Waals surface area contributed by atoms with Crippen LogP contribution in [0.1, 0.15) is 23.7 Å². The van der Waals surface area contributed by atoms with Crippen molar-refractivity contribution < 1.29 is 24.2 Å². The third-order valence-corrected chi connectivity index (χ3v) is 3.88. The maximum Gasteiger partial charge on any atom is 0.311 e. The molecule has 0 spiro atoms. The Bertz CT molecular complexity index is 549. The largest absolute Gasteiger partial charge is 0.497 e. The summed E-state index contributed by atoms with van der Waals surface area (Å²) in [5.41, 5.74) is -0.445. The highest BCUT2D eigenvalue weighted by atomic mass is 16.5. The predicted molar refractivity (Wildman–Crippen MR) is 75.8 cm³/mol. The summed E-state index contributed by atoms with van der Waals surface area (Å²) in [4.78, 5) is 25.3. The number of rotatable bonds is 4. The highest BCUT2D eigenvalue weighted by Gasteiger charge is 2.42. The van der Waals surface area contributed by atoms with Crippen molar-refractivity contribution in [2.24, 2.45) is 5.41 Å². The zero-order chi connectivity index (χ0) is 15.6. The van der Waals surface area contributed by atoms with Crippen LogP contribution in [0.4, 0.5) is 0 Å². The number of benzene rings is 1. The molecule has 21 heavy (non-hydrogen) atoms. The van der Waals surface area contributed by atoms with Gasteiger partial charge in [0.2, 0.25) is 0 Å². The Balaban J connectivity index is 2.23. The van der Waals surface area contributed by atoms with Gasteiger partial charge in [0.25, 0.3) is 5.91 Å². The molecule has 1 aliphatic rings. The Morgan fingerprint density at radius 2 is 1.76 bits per heavy atom. The third-order valence-electron chi connectivity index (χ3n) is 3.88. The van der Waals surface area contributed by atoms with Crippen molar-refractivity contribution in [3.05, 3.63) is 23.8 Å². The number of carbonyl (C=O) groups excluding carboxylic acids is 1. The second kappa shape index (κ2) is 5.63. The number of carbonyl (C=O) groups is 2. The van der Waals surface area contributed by atoms with E-state index in [-0.39, 0.29) is 12.5 Å². The molecule has 1 saturated heterocycles. The van der Waals surface area contributed by atoms with E-state index in [0.29, 0.717) is 30.0 Å². The van der Waals surface area contributed by atoms with Crippen molar-refractivity contribution in [3.63, 3.8) is 0 Å². The number of carboxylic acid groups (broad SMARTS) is 1. The Hall–Kier alpha value is -2.24. The standard InChI is InChI=1S/C15H19NO5/c1-15(14(18)19)4-5-16(9-15)13(17)10-6-11(20-2)8-12(7-10)21-3/h6-8H,4-5,9H2,1-3H3,(H,18,19). The first-order valence-corrected chi connectivity index (χ1v) is 6.65. The number of likely N-dealkylation sites (tertiary alicyclic amines) is 1. The van der Waals surface area contributed by atoms with E-state index in [1.165, 1.54) is 14.2 Å². The summed E-state index contributed by atoms with van der Waals surface area (Å²) in [7, 11) is 3.03. The quantitative estimate of drug-likeness (QED) is 0.913. The van der Waals surface area contributed by atoms with Crippen molar-refractivity contribution in [3.8, 4) is 11.5 Å². The van der Waals surface area contributed by atoms with E-state index < -0.39 is 11.4 Å². The summed E-state index contributed by atoms with van der Waals surface area (Å²) in [5.74, 6) is -0.0333. The fraction of sp³-hybridized carbons (Fsp3) is 0.467. The predicted octanol–water partition coefficient (Wildman–Crippen LogP) is 1.64. The van der Waals surface area contributed by atoms with Crippen LogP contribution in [0.25, 0.3) is 0 Å². The first-order valence-electron chi connectivity index (χ1n) is 6.65. The SMILES string of the molecule is COc1cc(OC)cc(C(=O)N2CCC(C)(C(=O)O)C2)c1. The van der Waals surface area contributed by atoms with Crippen LogP contribution in [0, 0.1) is 5.41 Å². The average Bonchev–Trinajstić information content (AvgIpc) is 2.89. The summed E-state index contributed by atoms with van der Waals surface area (Å²) in [6.07, 6.45) is 0.454. The van der Waals surface area contributed by atoms with Crippen molar-refractivity contribution in [2.45, 2.75) is 13.3 Å². The van der Waals surface area contributed by atoms with Crippen LogP contribution in [0.3, 0.4) is 0 Å². The van der Waals surface area contributed by atoms with Gasteiger partial charge in [0.1, 0.15) is 11.5 Å². The van der Waals surface area contributed by atoms with Crippen molar-refractivity contribution in [1.82, 2.24) is 4.90 Å². The lowest BCUT2D eigenvalue weighted by Gasteiger charge is -2.20. The molecule has 2 rings (SSSR count). The number of nitrogens with zero attached hydrogens (tertiary/aromatic N) is 1. The molecule has 1 atom stereocenters. The molecule has 1 aromatic rings. The van der Waals surface area contributed by atoms with E-state index in [9.17, 15) is 14.7 Å². The van der Waals surface area contributed by atoms with Crippen LogP contribution in [-0.2, 0) is 4.79 Å². The van der Waals surface area contributed by atoms with E-state index in [0.717, 1.165) is 0 Å². The Morgan fingerprint density at radius 3 is 2.19 bits per heavy atom. The number of amides is 1. The fourth-order valence-electron chi connectivity index (χ4n) is 2.42. The van der Waals surface area contributed by atoms with Gasteiger partial charge in [-0.3, -0.25) is 9.59 Å². The number of carboxylic acids is 1. The summed E-state index contributed by atoms with van der Waals surface area (Å²) in [5, 5.41) is 9.23. The van der Waals surface area contributed by atoms with Gasteiger partial charge in [-0.05, 0) is 25.5 Å². The normalized spacial score (nSPS) is 21.2. The third kappa shape index (κ3) is 2.94. The number of hydrogen-bond donors (Lipinski definition) is 1. The molecule has 0 saturated carbocycles. The van der Waals surface area contributed by atoms with E-state index in [4.69, 9.17) is 9.47 Å². The van der Waals surface area contributed by atoms with Gasteiger partial charge in [-0.1, -0.05) is 0 Å². The van der Waals surface area contributed by atoms with Crippen LogP contribution in [0.15, 0.2) is 18.2 Å². The lowest BCUT2D eigenvalue weighted by molar-refractivity contribution is -0.147. The van der Waals surface area contributed by atoms with Gasteiger partial charge in [0.05, 0.1) is 19.6 Å². The average molecular weight is 293 g/mol. The minimum absolute atomic E-state index is 0.209. The minimum atomic E-state index is -0.876. The van der Waals surface area contributed by atoms with Crippen LogP contribution in [-0.4, -0.2) is 49.2 Å². The number of ether oxygens (including phenoxy) is 2. The van der Waals surface area contributed by atoms with E-state index in [2.05, 4.69) is 0 Å². The second-order valence-electron chi connectivity index (χ2n) is 5.44. The van der Waals surface area contributed by atoms with Crippen LogP contribution >= 0.6 is 0 Å². The molecular weight excluding hydrogens is 274 g/mol. The van der Waals surface area contributed by atoms with Gasteiger partial charge >= 0.3 is 5.97 Å². The Morgan fingerprint density at radius 1 is 1.19 bits per heavy atom. The van der Waals surface area contributed by atoms with Crippen LogP contribution in [0.5, 0.6) is 11.5 Å². The first kappa shape index (κ1) is 15.2. The Kier molecular flexibility index (Phi) is 4.06. The van der Waals surface area contributed by atoms with Crippen molar-refractivity contribution in [2.75, 3.05) is 27.3 Å².